The fourth-order valence-electron chi connectivity index (χ4n) is 2.78. The lowest BCUT2D eigenvalue weighted by Crippen LogP contribution is -2.18. The first-order valence-corrected chi connectivity index (χ1v) is 8.24. The molecule has 0 aromatic heterocycles. The van der Waals surface area contributed by atoms with Gasteiger partial charge in [0.2, 0.25) is 0 Å². The number of halogens is 2. The molecule has 0 bridgehead atoms. The van der Waals surface area contributed by atoms with Crippen LogP contribution < -0.4 is 10.1 Å². The van der Waals surface area contributed by atoms with Crippen molar-refractivity contribution in [3.8, 4) is 5.75 Å². The lowest BCUT2D eigenvalue weighted by Gasteiger charge is -2.22. The molecular formula is C17H17BrClNO. The largest absolute Gasteiger partial charge is 0.493 e. The summed E-state index contributed by atoms with van der Waals surface area (Å²) in [5, 5.41) is 4.10. The van der Waals surface area contributed by atoms with Crippen molar-refractivity contribution >= 4 is 27.5 Å². The highest BCUT2D eigenvalue weighted by Gasteiger charge is 2.17. The summed E-state index contributed by atoms with van der Waals surface area (Å²) < 4.78 is 6.60. The van der Waals surface area contributed by atoms with E-state index in [2.05, 4.69) is 45.5 Å². The minimum absolute atomic E-state index is 0.128. The van der Waals surface area contributed by atoms with Crippen LogP contribution in [0.2, 0.25) is 5.02 Å². The van der Waals surface area contributed by atoms with Crippen LogP contribution in [0.5, 0.6) is 5.75 Å². The molecule has 0 aliphatic carbocycles. The lowest BCUT2D eigenvalue weighted by atomic mass is 9.95. The van der Waals surface area contributed by atoms with E-state index in [0.29, 0.717) is 0 Å². The summed E-state index contributed by atoms with van der Waals surface area (Å²) in [4.78, 5) is 0. The highest BCUT2D eigenvalue weighted by Crippen LogP contribution is 2.32. The van der Waals surface area contributed by atoms with Crippen LogP contribution in [-0.2, 0) is 6.42 Å². The van der Waals surface area contributed by atoms with Gasteiger partial charge in [0, 0.05) is 4.47 Å². The molecule has 1 heterocycles. The third-order valence-electron chi connectivity index (χ3n) is 3.83. The molecule has 0 saturated carbocycles. The molecule has 2 nitrogen and oxygen atoms in total. The van der Waals surface area contributed by atoms with Crippen LogP contribution >= 0.6 is 27.5 Å². The zero-order chi connectivity index (χ0) is 14.8. The Kier molecular flexibility index (Phi) is 4.53. The Bertz CT molecular complexity index is 659. The zero-order valence-electron chi connectivity index (χ0n) is 11.8. The van der Waals surface area contributed by atoms with Gasteiger partial charge >= 0.3 is 0 Å². The van der Waals surface area contributed by atoms with Crippen LogP contribution in [0.15, 0.2) is 40.9 Å². The molecule has 2 aromatic carbocycles. The molecule has 0 radical (unpaired) electrons. The van der Waals surface area contributed by atoms with E-state index in [4.69, 9.17) is 16.3 Å². The predicted molar refractivity (Wildman–Crippen MR) is 90.3 cm³/mol. The van der Waals surface area contributed by atoms with Crippen molar-refractivity contribution in [2.75, 3.05) is 13.7 Å². The van der Waals surface area contributed by atoms with Gasteiger partial charge in [-0.1, -0.05) is 29.8 Å². The van der Waals surface area contributed by atoms with Crippen molar-refractivity contribution in [1.29, 1.82) is 0 Å². The molecule has 110 valence electrons. The molecule has 0 amide bonds. The predicted octanol–water partition coefficient (Wildman–Crippen LogP) is 4.74. The Balaban J connectivity index is 1.97. The van der Waals surface area contributed by atoms with Gasteiger partial charge in [-0.05, 0) is 70.7 Å². The Morgan fingerprint density at radius 1 is 1.19 bits per heavy atom. The second-order valence-electron chi connectivity index (χ2n) is 5.21. The fraction of sp³-hybridized carbons (Fsp3) is 0.294. The Morgan fingerprint density at radius 3 is 2.71 bits per heavy atom. The van der Waals surface area contributed by atoms with Gasteiger partial charge < -0.3 is 10.1 Å². The van der Waals surface area contributed by atoms with Crippen LogP contribution in [0, 0.1) is 0 Å². The van der Waals surface area contributed by atoms with Crippen molar-refractivity contribution in [3.63, 3.8) is 0 Å². The molecule has 0 saturated heterocycles. The van der Waals surface area contributed by atoms with E-state index in [1.807, 2.05) is 19.2 Å². The van der Waals surface area contributed by atoms with Crippen molar-refractivity contribution in [1.82, 2.24) is 5.32 Å². The molecule has 1 aliphatic rings. The van der Waals surface area contributed by atoms with E-state index >= 15 is 0 Å². The Labute approximate surface area is 138 Å². The second-order valence-corrected chi connectivity index (χ2v) is 6.48. The van der Waals surface area contributed by atoms with E-state index in [1.165, 1.54) is 11.1 Å². The number of nitrogens with one attached hydrogen (secondary N) is 1. The number of hydrogen-bond acceptors (Lipinski definition) is 2. The number of fused-ring (bicyclic) bond motifs is 1. The van der Waals surface area contributed by atoms with Crippen molar-refractivity contribution < 1.29 is 4.74 Å². The monoisotopic (exact) mass is 365 g/mol. The molecule has 2 aromatic rings. The minimum atomic E-state index is 0.128. The molecule has 1 atom stereocenters. The molecule has 4 heteroatoms. The summed E-state index contributed by atoms with van der Waals surface area (Å²) >= 11 is 9.66. The van der Waals surface area contributed by atoms with Gasteiger partial charge in [0.05, 0.1) is 17.7 Å². The van der Waals surface area contributed by atoms with Gasteiger partial charge in [0.25, 0.3) is 0 Å². The van der Waals surface area contributed by atoms with Gasteiger partial charge in [-0.15, -0.1) is 0 Å². The normalized spacial score (nSPS) is 15.2. The van der Waals surface area contributed by atoms with E-state index < -0.39 is 0 Å². The number of benzene rings is 2. The van der Waals surface area contributed by atoms with Crippen LogP contribution in [-0.4, -0.2) is 13.7 Å². The summed E-state index contributed by atoms with van der Waals surface area (Å²) in [7, 11) is 1.97. The van der Waals surface area contributed by atoms with Crippen molar-refractivity contribution in [3.05, 3.63) is 62.6 Å². The first-order valence-electron chi connectivity index (χ1n) is 7.07. The van der Waals surface area contributed by atoms with Crippen LogP contribution in [0.1, 0.15) is 29.2 Å². The number of aryl methyl sites for hydroxylation is 1. The first kappa shape index (κ1) is 14.9. The standard InChI is InChI=1S/C17H17BrClNO/c1-20-17(13-4-6-14(18)15(19)10-13)12-5-7-16-11(9-12)3-2-8-21-16/h4-7,9-10,17,20H,2-3,8H2,1H3. The molecule has 0 spiro atoms. The zero-order valence-corrected chi connectivity index (χ0v) is 14.2. The maximum Gasteiger partial charge on any atom is 0.122 e. The molecule has 21 heavy (non-hydrogen) atoms. The van der Waals surface area contributed by atoms with E-state index in [1.54, 1.807) is 0 Å². The number of hydrogen-bond donors (Lipinski definition) is 1. The third kappa shape index (κ3) is 3.10. The molecule has 1 aliphatic heterocycles. The number of ether oxygens (including phenoxy) is 1. The van der Waals surface area contributed by atoms with Gasteiger partial charge in [-0.2, -0.15) is 0 Å². The van der Waals surface area contributed by atoms with Crippen molar-refractivity contribution in [2.45, 2.75) is 18.9 Å². The van der Waals surface area contributed by atoms with Crippen LogP contribution in [0.4, 0.5) is 0 Å². The highest BCUT2D eigenvalue weighted by atomic mass is 79.9. The van der Waals surface area contributed by atoms with Gasteiger partial charge in [-0.3, -0.25) is 0 Å². The smallest absolute Gasteiger partial charge is 0.122 e. The summed E-state index contributed by atoms with van der Waals surface area (Å²) in [6.07, 6.45) is 2.17. The van der Waals surface area contributed by atoms with Crippen LogP contribution in [0.3, 0.4) is 0 Å². The highest BCUT2D eigenvalue weighted by molar-refractivity contribution is 9.10. The molecular weight excluding hydrogens is 350 g/mol. The maximum atomic E-state index is 6.22. The lowest BCUT2D eigenvalue weighted by molar-refractivity contribution is 0.288. The van der Waals surface area contributed by atoms with E-state index in [-0.39, 0.29) is 6.04 Å². The summed E-state index contributed by atoms with van der Waals surface area (Å²) in [6, 6.07) is 12.7. The molecule has 1 N–H and O–H groups in total. The van der Waals surface area contributed by atoms with Gasteiger partial charge in [-0.25, -0.2) is 0 Å². The first-order chi connectivity index (χ1) is 10.2. The third-order valence-corrected chi connectivity index (χ3v) is 5.06. The molecule has 3 rings (SSSR count). The quantitative estimate of drug-likeness (QED) is 0.847. The summed E-state index contributed by atoms with van der Waals surface area (Å²) in [6.45, 7) is 0.824. The van der Waals surface area contributed by atoms with Crippen LogP contribution in [0.25, 0.3) is 0 Å². The summed E-state index contributed by atoms with van der Waals surface area (Å²) in [5.74, 6) is 1.02. The number of rotatable bonds is 3. The average Bonchev–Trinajstić information content (AvgIpc) is 2.51. The Hall–Kier alpha value is -1.03. The second kappa shape index (κ2) is 6.39. The van der Waals surface area contributed by atoms with Gasteiger partial charge in [0.1, 0.15) is 5.75 Å². The maximum absolute atomic E-state index is 6.22. The Morgan fingerprint density at radius 2 is 1.95 bits per heavy atom. The minimum Gasteiger partial charge on any atom is -0.493 e. The topological polar surface area (TPSA) is 21.3 Å². The average molecular weight is 367 g/mol. The summed E-state index contributed by atoms with van der Waals surface area (Å²) in [5.41, 5.74) is 3.68. The molecule has 1 unspecified atom stereocenters. The van der Waals surface area contributed by atoms with E-state index in [0.717, 1.165) is 40.3 Å². The fourth-order valence-corrected chi connectivity index (χ4v) is 3.21. The molecule has 0 fully saturated rings. The SMILES string of the molecule is CNC(c1ccc(Br)c(Cl)c1)c1ccc2c(c1)CCCO2. The van der Waals surface area contributed by atoms with Gasteiger partial charge in [0.15, 0.2) is 0 Å². The van der Waals surface area contributed by atoms with E-state index in [9.17, 15) is 0 Å². The van der Waals surface area contributed by atoms with Crippen molar-refractivity contribution in [2.24, 2.45) is 0 Å².